The zero-order valence-electron chi connectivity index (χ0n) is 8.91. The van der Waals surface area contributed by atoms with Crippen molar-refractivity contribution in [1.29, 1.82) is 0 Å². The largest absolute Gasteiger partial charge is 0.497 e. The van der Waals surface area contributed by atoms with Gasteiger partial charge in [-0.3, -0.25) is 4.79 Å². The Morgan fingerprint density at radius 3 is 2.41 bits per heavy atom. The lowest BCUT2D eigenvalue weighted by Gasteiger charge is -2.09. The van der Waals surface area contributed by atoms with Gasteiger partial charge in [0.25, 0.3) is 5.78 Å². The van der Waals surface area contributed by atoms with E-state index < -0.39 is 17.9 Å². The van der Waals surface area contributed by atoms with Gasteiger partial charge in [-0.25, -0.2) is 4.79 Å². The summed E-state index contributed by atoms with van der Waals surface area (Å²) in [4.78, 5) is 28.3. The van der Waals surface area contributed by atoms with Gasteiger partial charge in [0, 0.05) is 0 Å². The minimum atomic E-state index is -1.57. The number of nitrogens with one attached hydrogen (secondary N) is 1. The summed E-state index contributed by atoms with van der Waals surface area (Å²) in [7, 11) is 1.49. The maximum Gasteiger partial charge on any atom is 0.397 e. The molecule has 0 fully saturated rings. The highest BCUT2D eigenvalue weighted by atomic mass is 32.1. The highest BCUT2D eigenvalue weighted by molar-refractivity contribution is 7.77. The maximum atomic E-state index is 11.4. The lowest BCUT2D eigenvalue weighted by atomic mass is 10.1. The number of rotatable bonds is 5. The fraction of sp³-hybridized carbons (Fsp3) is 0.200. The third-order valence-corrected chi connectivity index (χ3v) is 2.11. The molecule has 7 heteroatoms. The fourth-order valence-corrected chi connectivity index (χ4v) is 1.22. The molecule has 17 heavy (non-hydrogen) atoms. The minimum absolute atomic E-state index is 0.270. The van der Waals surface area contributed by atoms with Crippen LogP contribution in [0.5, 0.6) is 5.75 Å². The van der Waals surface area contributed by atoms with E-state index in [9.17, 15) is 14.7 Å². The number of hydrogen-bond donors (Lipinski definition) is 3. The molecule has 0 heterocycles. The van der Waals surface area contributed by atoms with Gasteiger partial charge in [-0.15, -0.1) is 0 Å². The van der Waals surface area contributed by atoms with Gasteiger partial charge >= 0.3 is 5.97 Å². The molecule has 1 aromatic carbocycles. The zero-order chi connectivity index (χ0) is 12.8. The SMILES string of the molecule is COc1ccc([C@H](O)C(=O)C(=O)ONS)cc1. The van der Waals surface area contributed by atoms with Crippen LogP contribution in [0.4, 0.5) is 0 Å². The van der Waals surface area contributed by atoms with Gasteiger partial charge < -0.3 is 14.7 Å². The maximum absolute atomic E-state index is 11.4. The van der Waals surface area contributed by atoms with E-state index >= 15 is 0 Å². The van der Waals surface area contributed by atoms with E-state index in [1.165, 1.54) is 19.2 Å². The molecule has 1 aromatic rings. The quantitative estimate of drug-likeness (QED) is 0.397. The van der Waals surface area contributed by atoms with Crippen LogP contribution in [0.25, 0.3) is 0 Å². The average molecular weight is 257 g/mol. The van der Waals surface area contributed by atoms with Crippen molar-refractivity contribution in [3.63, 3.8) is 0 Å². The summed E-state index contributed by atoms with van der Waals surface area (Å²) < 4.78 is 4.92. The van der Waals surface area contributed by atoms with Crippen LogP contribution >= 0.6 is 12.8 Å². The van der Waals surface area contributed by atoms with E-state index in [0.717, 1.165) is 0 Å². The molecule has 0 aliphatic rings. The summed E-state index contributed by atoms with van der Waals surface area (Å²) in [5.74, 6) is -1.73. The summed E-state index contributed by atoms with van der Waals surface area (Å²) in [5, 5.41) is 9.61. The van der Waals surface area contributed by atoms with E-state index in [4.69, 9.17) is 4.74 Å². The van der Waals surface area contributed by atoms with Crippen LogP contribution in [0.1, 0.15) is 11.7 Å². The molecule has 6 nitrogen and oxygen atoms in total. The van der Waals surface area contributed by atoms with Gasteiger partial charge in [-0.1, -0.05) is 29.8 Å². The number of carbonyl (C=O) groups excluding carboxylic acids is 2. The number of aliphatic hydroxyl groups is 1. The second-order valence-electron chi connectivity index (χ2n) is 3.02. The molecular weight excluding hydrogens is 246 g/mol. The van der Waals surface area contributed by atoms with Crippen LogP contribution in [0.3, 0.4) is 0 Å². The predicted octanol–water partition coefficient (Wildman–Crippen LogP) is 0.190. The number of ketones is 1. The molecule has 0 radical (unpaired) electrons. The van der Waals surface area contributed by atoms with Crippen molar-refractivity contribution in [3.05, 3.63) is 29.8 Å². The van der Waals surface area contributed by atoms with Crippen LogP contribution in [-0.2, 0) is 14.4 Å². The molecule has 0 amide bonds. The molecule has 0 saturated heterocycles. The van der Waals surface area contributed by atoms with Gasteiger partial charge in [0.05, 0.1) is 7.11 Å². The standard InChI is InChI=1S/C10H11NO5S/c1-15-7-4-2-6(3-5-7)8(12)9(13)10(14)16-11-17/h2-5,8,11-12,17H,1H3/t8-/m0/s1. The van der Waals surface area contributed by atoms with Crippen LogP contribution < -0.4 is 9.62 Å². The summed E-state index contributed by atoms with van der Waals surface area (Å²) >= 11 is 3.39. The Labute approximate surface area is 103 Å². The first kappa shape index (κ1) is 13.5. The first-order valence-corrected chi connectivity index (χ1v) is 5.01. The third kappa shape index (κ3) is 3.45. The normalized spacial score (nSPS) is 11.7. The van der Waals surface area contributed by atoms with Gasteiger partial charge in [-0.2, -0.15) is 0 Å². The number of Topliss-reactive ketones (excluding diaryl/α,β-unsaturated/α-hetero) is 1. The Kier molecular flexibility index (Phi) is 4.95. The van der Waals surface area contributed by atoms with E-state index in [0.29, 0.717) is 5.75 Å². The Hall–Kier alpha value is -1.57. The molecule has 0 saturated carbocycles. The van der Waals surface area contributed by atoms with Crippen LogP contribution in [0.15, 0.2) is 24.3 Å². The van der Waals surface area contributed by atoms with Crippen LogP contribution in [-0.4, -0.2) is 24.0 Å². The number of ether oxygens (including phenoxy) is 1. The van der Waals surface area contributed by atoms with Crippen LogP contribution in [0.2, 0.25) is 0 Å². The summed E-state index contributed by atoms with van der Waals surface area (Å²) in [6, 6.07) is 6.08. The van der Waals surface area contributed by atoms with E-state index in [2.05, 4.69) is 17.7 Å². The molecule has 1 rings (SSSR count). The van der Waals surface area contributed by atoms with E-state index in [-0.39, 0.29) is 5.56 Å². The van der Waals surface area contributed by atoms with Gasteiger partial charge in [0.15, 0.2) is 0 Å². The van der Waals surface area contributed by atoms with Gasteiger partial charge in [0.1, 0.15) is 11.9 Å². The summed E-state index contributed by atoms with van der Waals surface area (Å²) in [6.45, 7) is 0. The molecule has 2 N–H and O–H groups in total. The predicted molar refractivity (Wildman–Crippen MR) is 61.2 cm³/mol. The van der Waals surface area contributed by atoms with Crippen LogP contribution in [0, 0.1) is 0 Å². The molecule has 92 valence electrons. The lowest BCUT2D eigenvalue weighted by molar-refractivity contribution is -0.159. The fourth-order valence-electron chi connectivity index (χ4n) is 1.14. The second kappa shape index (κ2) is 6.24. The molecular formula is C10H11NO5S. The monoisotopic (exact) mass is 257 g/mol. The van der Waals surface area contributed by atoms with E-state index in [1.807, 2.05) is 0 Å². The first-order valence-electron chi connectivity index (χ1n) is 4.56. The number of carbonyl (C=O) groups is 2. The molecule has 1 atom stereocenters. The average Bonchev–Trinajstić information content (AvgIpc) is 2.37. The van der Waals surface area contributed by atoms with Crippen molar-refractivity contribution in [2.24, 2.45) is 0 Å². The smallest absolute Gasteiger partial charge is 0.397 e. The van der Waals surface area contributed by atoms with Crippen molar-refractivity contribution in [2.45, 2.75) is 6.10 Å². The second-order valence-corrected chi connectivity index (χ2v) is 3.20. The molecule has 0 aromatic heterocycles. The van der Waals surface area contributed by atoms with Gasteiger partial charge in [-0.05, 0) is 17.7 Å². The number of methoxy groups -OCH3 is 1. The highest BCUT2D eigenvalue weighted by Crippen LogP contribution is 2.18. The molecule has 0 bridgehead atoms. The first-order chi connectivity index (χ1) is 8.10. The highest BCUT2D eigenvalue weighted by Gasteiger charge is 2.26. The molecule has 0 unspecified atom stereocenters. The zero-order valence-corrected chi connectivity index (χ0v) is 9.81. The molecule has 0 spiro atoms. The molecule has 0 aliphatic carbocycles. The Bertz CT molecular complexity index is 406. The van der Waals surface area contributed by atoms with Crippen molar-refractivity contribution in [1.82, 2.24) is 4.89 Å². The van der Waals surface area contributed by atoms with Gasteiger partial charge in [0.2, 0.25) is 0 Å². The lowest BCUT2D eigenvalue weighted by Crippen LogP contribution is -2.26. The van der Waals surface area contributed by atoms with Crippen molar-refractivity contribution < 1.29 is 24.3 Å². The topological polar surface area (TPSA) is 84.9 Å². The molecule has 0 aliphatic heterocycles. The number of benzene rings is 1. The van der Waals surface area contributed by atoms with Crippen molar-refractivity contribution >= 4 is 24.6 Å². The number of thiol groups is 1. The Balaban J connectivity index is 2.77. The van der Waals surface area contributed by atoms with Crippen molar-refractivity contribution in [2.75, 3.05) is 7.11 Å². The summed E-state index contributed by atoms with van der Waals surface area (Å²) in [5.41, 5.74) is 0.270. The number of aliphatic hydroxyl groups excluding tert-OH is 1. The number of hydrogen-bond acceptors (Lipinski definition) is 7. The van der Waals surface area contributed by atoms with E-state index in [1.54, 1.807) is 17.0 Å². The van der Waals surface area contributed by atoms with Crippen molar-refractivity contribution in [3.8, 4) is 5.75 Å². The summed E-state index contributed by atoms with van der Waals surface area (Å²) in [6.07, 6.45) is -1.57. The Morgan fingerprint density at radius 2 is 1.94 bits per heavy atom. The minimum Gasteiger partial charge on any atom is -0.497 e. The Morgan fingerprint density at radius 1 is 1.35 bits per heavy atom. The third-order valence-electron chi connectivity index (χ3n) is 2.02.